The second kappa shape index (κ2) is 12.8. The maximum absolute atomic E-state index is 3.61. The van der Waals surface area contributed by atoms with E-state index >= 15 is 0 Å². The smallest absolute Gasteiger partial charge is 1.00 e. The minimum Gasteiger partial charge on any atom is -1.00 e. The number of fused-ring (bicyclic) bond motifs is 4. The normalized spacial score (nSPS) is 16.7. The molecule has 0 radical (unpaired) electrons. The van der Waals surface area contributed by atoms with Crippen LogP contribution in [0, 0.1) is 12.2 Å². The van der Waals surface area contributed by atoms with Gasteiger partial charge in [-0.1, -0.05) is 126 Å². The first kappa shape index (κ1) is 29.7. The van der Waals surface area contributed by atoms with Gasteiger partial charge in [0.15, 0.2) is 0 Å². The molecule has 4 aromatic rings. The molecule has 1 aliphatic heterocycles. The van der Waals surface area contributed by atoms with Crippen LogP contribution in [-0.4, -0.2) is 0 Å². The van der Waals surface area contributed by atoms with Crippen molar-refractivity contribution in [3.05, 3.63) is 139 Å². The van der Waals surface area contributed by atoms with Gasteiger partial charge in [-0.15, -0.1) is 29.0 Å². The number of hydrogen-bond acceptors (Lipinski definition) is 1. The Morgan fingerprint density at radius 1 is 0.639 bits per heavy atom. The van der Waals surface area contributed by atoms with Crippen molar-refractivity contribution in [3.63, 3.8) is 0 Å². The van der Waals surface area contributed by atoms with Crippen LogP contribution in [0.15, 0.2) is 104 Å². The SMILES string of the molecule is Brc1cc2c3c(c1)C([C-]=C3)c1cccc(c1)S2.Brc1ccc2c(c1)C(c1ccccc1)[C-]=C2.[Cl-].[Cl-].[Zr+4]. The largest absolute Gasteiger partial charge is 4.00 e. The molecule has 2 unspecified atom stereocenters. The molecule has 7 rings (SSSR count). The summed E-state index contributed by atoms with van der Waals surface area (Å²) < 4.78 is 2.29. The number of rotatable bonds is 1. The van der Waals surface area contributed by atoms with E-state index in [0.717, 1.165) is 8.95 Å². The van der Waals surface area contributed by atoms with Crippen molar-refractivity contribution in [2.45, 2.75) is 21.6 Å². The third kappa shape index (κ3) is 5.90. The quantitative estimate of drug-likeness (QED) is 0.271. The first-order chi connectivity index (χ1) is 16.2. The van der Waals surface area contributed by atoms with Crippen molar-refractivity contribution in [1.82, 2.24) is 0 Å². The molecular weight excluding hydrogens is 714 g/mol. The van der Waals surface area contributed by atoms with Crippen LogP contribution in [0.5, 0.6) is 0 Å². The van der Waals surface area contributed by atoms with Gasteiger partial charge in [0.05, 0.1) is 0 Å². The Labute approximate surface area is 265 Å². The predicted octanol–water partition coefficient (Wildman–Crippen LogP) is 3.29. The predicted molar refractivity (Wildman–Crippen MR) is 144 cm³/mol. The van der Waals surface area contributed by atoms with Gasteiger partial charge in [0.1, 0.15) is 0 Å². The van der Waals surface area contributed by atoms with Gasteiger partial charge in [-0.25, -0.2) is 12.2 Å². The summed E-state index contributed by atoms with van der Waals surface area (Å²) in [5.74, 6) is 0.593. The molecule has 176 valence electrons. The van der Waals surface area contributed by atoms with Crippen LogP contribution >= 0.6 is 43.6 Å². The third-order valence-electron chi connectivity index (χ3n) is 6.16. The fourth-order valence-electron chi connectivity index (χ4n) is 4.62. The Kier molecular flexibility index (Phi) is 10.5. The van der Waals surface area contributed by atoms with Crippen LogP contribution in [0.2, 0.25) is 0 Å². The zero-order valence-corrected chi connectivity index (χ0v) is 26.8. The maximum Gasteiger partial charge on any atom is 4.00 e. The first-order valence-corrected chi connectivity index (χ1v) is 13.2. The fourth-order valence-corrected chi connectivity index (χ4v) is 6.69. The van der Waals surface area contributed by atoms with Gasteiger partial charge in [0.2, 0.25) is 0 Å². The second-order valence-electron chi connectivity index (χ2n) is 8.25. The zero-order chi connectivity index (χ0) is 22.4. The van der Waals surface area contributed by atoms with E-state index in [1.165, 1.54) is 43.2 Å². The van der Waals surface area contributed by atoms with E-state index in [1.54, 1.807) is 0 Å². The molecule has 2 atom stereocenters. The molecule has 0 saturated heterocycles. The molecule has 0 spiro atoms. The van der Waals surface area contributed by atoms with Crippen LogP contribution in [-0.2, 0) is 26.2 Å². The Bertz CT molecular complexity index is 1440. The minimum atomic E-state index is 0. The molecule has 2 aliphatic carbocycles. The van der Waals surface area contributed by atoms with Crippen molar-refractivity contribution in [1.29, 1.82) is 0 Å². The maximum atomic E-state index is 3.61. The van der Waals surface area contributed by atoms with Gasteiger partial charge in [-0.2, -0.15) is 11.1 Å². The molecule has 0 aromatic heterocycles. The van der Waals surface area contributed by atoms with Gasteiger partial charge in [0, 0.05) is 13.8 Å². The van der Waals surface area contributed by atoms with E-state index < -0.39 is 0 Å². The van der Waals surface area contributed by atoms with Gasteiger partial charge >= 0.3 is 26.2 Å². The summed E-state index contributed by atoms with van der Waals surface area (Å²) in [6, 6.07) is 30.1. The Balaban J connectivity index is 0.000000185. The summed E-state index contributed by atoms with van der Waals surface area (Å²) in [6.45, 7) is 0. The summed E-state index contributed by atoms with van der Waals surface area (Å²) in [7, 11) is 0. The molecule has 1 heterocycles. The topological polar surface area (TPSA) is 0 Å². The summed E-state index contributed by atoms with van der Waals surface area (Å²) in [4.78, 5) is 2.64. The average Bonchev–Trinajstić information content (AvgIpc) is 3.45. The summed E-state index contributed by atoms with van der Waals surface area (Å²) in [5, 5.41) is 0. The van der Waals surface area contributed by atoms with Gasteiger partial charge in [-0.05, 0) is 12.1 Å². The second-order valence-corrected chi connectivity index (χ2v) is 11.2. The molecule has 6 bridgehead atoms. The van der Waals surface area contributed by atoms with Gasteiger partial charge in [-0.3, -0.25) is 12.2 Å². The Morgan fingerprint density at radius 3 is 2.14 bits per heavy atom. The van der Waals surface area contributed by atoms with Crippen molar-refractivity contribution < 1.29 is 51.0 Å². The van der Waals surface area contributed by atoms with Crippen molar-refractivity contribution in [2.75, 3.05) is 0 Å². The molecule has 36 heavy (non-hydrogen) atoms. The number of allylic oxidation sites excluding steroid dienone is 2. The Morgan fingerprint density at radius 2 is 1.33 bits per heavy atom. The van der Waals surface area contributed by atoms with Crippen molar-refractivity contribution >= 4 is 55.8 Å². The molecule has 6 heteroatoms. The molecule has 4 aromatic carbocycles. The average molecular weight is 732 g/mol. The van der Waals surface area contributed by atoms with E-state index in [1.807, 2.05) is 17.8 Å². The molecule has 0 amide bonds. The van der Waals surface area contributed by atoms with E-state index in [-0.39, 0.29) is 56.9 Å². The summed E-state index contributed by atoms with van der Waals surface area (Å²) in [5.41, 5.74) is 7.97. The van der Waals surface area contributed by atoms with Crippen LogP contribution in [0.3, 0.4) is 0 Å². The molecule has 0 fully saturated rings. The first-order valence-electron chi connectivity index (χ1n) is 10.8. The zero-order valence-electron chi connectivity index (χ0n) is 18.8. The van der Waals surface area contributed by atoms with Gasteiger partial charge < -0.3 is 24.8 Å². The van der Waals surface area contributed by atoms with Crippen molar-refractivity contribution in [3.8, 4) is 0 Å². The molecule has 0 nitrogen and oxygen atoms in total. The molecule has 0 N–H and O–H groups in total. The van der Waals surface area contributed by atoms with Crippen molar-refractivity contribution in [2.24, 2.45) is 0 Å². The van der Waals surface area contributed by atoms with E-state index in [9.17, 15) is 0 Å². The van der Waals surface area contributed by atoms with E-state index in [4.69, 9.17) is 0 Å². The standard InChI is InChI=1S/C15H8BrS.C15H10Br.2ClH.Zr/c16-10-7-14-12-4-5-13(14)15(8-10)17-11-3-1-2-9(12)6-11;16-13-8-6-12-7-9-14(15(12)10-13)11-4-2-1-3-5-11;;;/h1-3,5-8,12H;1-8,10,14H;2*1H;/q2*-1;;;+4/p-2. The van der Waals surface area contributed by atoms with Crippen LogP contribution in [0.1, 0.15) is 45.2 Å². The number of halogens is 4. The van der Waals surface area contributed by atoms with E-state index in [0.29, 0.717) is 5.92 Å². The van der Waals surface area contributed by atoms with Gasteiger partial charge in [0.25, 0.3) is 0 Å². The Hall–Kier alpha value is -0.867. The molecular formula is C30H18Br2Cl2SZr. The van der Waals surface area contributed by atoms with Crippen LogP contribution < -0.4 is 24.8 Å². The fraction of sp³-hybridized carbons (Fsp3) is 0.0667. The number of hydrogen-bond donors (Lipinski definition) is 0. The molecule has 3 aliphatic rings. The monoisotopic (exact) mass is 728 g/mol. The summed E-state index contributed by atoms with van der Waals surface area (Å²) in [6.07, 6.45) is 11.1. The minimum absolute atomic E-state index is 0. The number of benzene rings is 4. The van der Waals surface area contributed by atoms with E-state index in [2.05, 4.69) is 135 Å². The van der Waals surface area contributed by atoms with Crippen LogP contribution in [0.4, 0.5) is 0 Å². The summed E-state index contributed by atoms with van der Waals surface area (Å²) >= 11 is 8.96. The molecule has 0 saturated carbocycles. The van der Waals surface area contributed by atoms with Crippen LogP contribution in [0.25, 0.3) is 12.2 Å². The third-order valence-corrected chi connectivity index (χ3v) is 8.16.